The summed E-state index contributed by atoms with van der Waals surface area (Å²) < 4.78 is 7.45. The number of aryl methyl sites for hydroxylation is 1. The highest BCUT2D eigenvalue weighted by Crippen LogP contribution is 2.34. The summed E-state index contributed by atoms with van der Waals surface area (Å²) in [5.74, 6) is 2.81. The highest BCUT2D eigenvalue weighted by Gasteiger charge is 2.31. The van der Waals surface area contributed by atoms with E-state index in [0.29, 0.717) is 11.8 Å². The van der Waals surface area contributed by atoms with E-state index < -0.39 is 0 Å². The van der Waals surface area contributed by atoms with Crippen LogP contribution in [0.15, 0.2) is 46.9 Å². The Morgan fingerprint density at radius 2 is 1.88 bits per heavy atom. The molecule has 1 aliphatic heterocycles. The molecule has 0 saturated carbocycles. The van der Waals surface area contributed by atoms with Crippen molar-refractivity contribution in [3.63, 3.8) is 0 Å². The molecule has 5 rings (SSSR count). The molecule has 130 valence electrons. The Morgan fingerprint density at radius 3 is 2.69 bits per heavy atom. The van der Waals surface area contributed by atoms with Crippen LogP contribution in [0.2, 0.25) is 0 Å². The molecular weight excluding hydrogens is 330 g/mol. The van der Waals surface area contributed by atoms with Crippen LogP contribution >= 0.6 is 0 Å². The molecule has 0 amide bonds. The first kappa shape index (κ1) is 15.0. The van der Waals surface area contributed by atoms with Gasteiger partial charge in [-0.25, -0.2) is 0 Å². The number of fused-ring (bicyclic) bond motifs is 1. The van der Waals surface area contributed by atoms with Crippen LogP contribution in [0.1, 0.15) is 30.7 Å². The van der Waals surface area contributed by atoms with Gasteiger partial charge in [0.05, 0.1) is 0 Å². The standard InChI is InChI=1S/C18H17N7O/c1-12-19-22-18(26-12)14-8-5-11-24(14)16-10-9-15-20-21-17(25(15)23-16)13-6-3-2-4-7-13/h2-4,6-7,9-10,14H,5,8,11H2,1H3/t14-/m1/s1. The normalized spacial score (nSPS) is 17.3. The van der Waals surface area contributed by atoms with Crippen molar-refractivity contribution >= 4 is 11.5 Å². The number of rotatable bonds is 3. The van der Waals surface area contributed by atoms with E-state index in [9.17, 15) is 0 Å². The third-order valence-corrected chi connectivity index (χ3v) is 4.65. The highest BCUT2D eigenvalue weighted by molar-refractivity contribution is 5.59. The molecule has 1 aliphatic rings. The van der Waals surface area contributed by atoms with E-state index >= 15 is 0 Å². The van der Waals surface area contributed by atoms with Crippen molar-refractivity contribution < 1.29 is 4.42 Å². The lowest BCUT2D eigenvalue weighted by Crippen LogP contribution is -2.24. The quantitative estimate of drug-likeness (QED) is 0.563. The summed E-state index contributed by atoms with van der Waals surface area (Å²) in [4.78, 5) is 2.21. The monoisotopic (exact) mass is 347 g/mol. The fourth-order valence-electron chi connectivity index (χ4n) is 3.44. The first-order chi connectivity index (χ1) is 12.8. The summed E-state index contributed by atoms with van der Waals surface area (Å²) in [6.07, 6.45) is 2.02. The molecule has 0 bridgehead atoms. The topological polar surface area (TPSA) is 85.2 Å². The first-order valence-electron chi connectivity index (χ1n) is 8.64. The van der Waals surface area contributed by atoms with E-state index in [1.54, 1.807) is 4.52 Å². The Kier molecular flexibility index (Phi) is 3.41. The van der Waals surface area contributed by atoms with Crippen molar-refractivity contribution in [1.82, 2.24) is 30.0 Å². The molecule has 26 heavy (non-hydrogen) atoms. The zero-order chi connectivity index (χ0) is 17.5. The summed E-state index contributed by atoms with van der Waals surface area (Å²) in [6, 6.07) is 13.9. The Bertz CT molecular complexity index is 1060. The third-order valence-electron chi connectivity index (χ3n) is 4.65. The molecule has 1 aromatic carbocycles. The summed E-state index contributed by atoms with van der Waals surface area (Å²) in [7, 11) is 0. The second kappa shape index (κ2) is 5.91. The molecule has 0 aliphatic carbocycles. The Labute approximate surface area is 149 Å². The van der Waals surface area contributed by atoms with Gasteiger partial charge in [-0.05, 0) is 25.0 Å². The Balaban J connectivity index is 1.57. The average Bonchev–Trinajstić information content (AvgIpc) is 3.40. The number of benzene rings is 1. The van der Waals surface area contributed by atoms with E-state index in [-0.39, 0.29) is 6.04 Å². The number of anilines is 1. The zero-order valence-electron chi connectivity index (χ0n) is 14.3. The number of nitrogens with zero attached hydrogens (tertiary/aromatic N) is 7. The maximum Gasteiger partial charge on any atom is 0.238 e. The molecule has 8 nitrogen and oxygen atoms in total. The molecular formula is C18H17N7O. The van der Waals surface area contributed by atoms with E-state index in [1.165, 1.54) is 0 Å². The molecule has 4 heterocycles. The summed E-state index contributed by atoms with van der Waals surface area (Å²) in [6.45, 7) is 2.71. The Hall–Kier alpha value is -3.29. The van der Waals surface area contributed by atoms with Crippen LogP contribution in [-0.2, 0) is 0 Å². The molecule has 0 radical (unpaired) electrons. The molecule has 1 atom stereocenters. The molecule has 1 fully saturated rings. The van der Waals surface area contributed by atoms with Crippen molar-refractivity contribution in [2.24, 2.45) is 0 Å². The van der Waals surface area contributed by atoms with Gasteiger partial charge in [0.1, 0.15) is 11.9 Å². The van der Waals surface area contributed by atoms with Gasteiger partial charge in [-0.1, -0.05) is 30.3 Å². The van der Waals surface area contributed by atoms with Gasteiger partial charge in [0, 0.05) is 19.0 Å². The minimum Gasteiger partial charge on any atom is -0.423 e. The summed E-state index contributed by atoms with van der Waals surface area (Å²) >= 11 is 0. The number of hydrogen-bond acceptors (Lipinski definition) is 7. The second-order valence-electron chi connectivity index (χ2n) is 6.36. The molecule has 0 spiro atoms. The van der Waals surface area contributed by atoms with Crippen LogP contribution in [0.25, 0.3) is 17.0 Å². The maximum absolute atomic E-state index is 5.66. The minimum atomic E-state index is 0.0535. The third kappa shape index (κ3) is 2.42. The van der Waals surface area contributed by atoms with Crippen molar-refractivity contribution in [2.45, 2.75) is 25.8 Å². The largest absolute Gasteiger partial charge is 0.423 e. The molecule has 4 aromatic rings. The fourth-order valence-corrected chi connectivity index (χ4v) is 3.44. The lowest BCUT2D eigenvalue weighted by Gasteiger charge is -2.22. The predicted octanol–water partition coefficient (Wildman–Crippen LogP) is 2.82. The van der Waals surface area contributed by atoms with E-state index in [4.69, 9.17) is 9.52 Å². The van der Waals surface area contributed by atoms with E-state index in [0.717, 1.165) is 42.2 Å². The van der Waals surface area contributed by atoms with Gasteiger partial charge in [-0.15, -0.1) is 25.5 Å². The highest BCUT2D eigenvalue weighted by atomic mass is 16.4. The minimum absolute atomic E-state index is 0.0535. The zero-order valence-corrected chi connectivity index (χ0v) is 14.3. The molecule has 8 heteroatoms. The van der Waals surface area contributed by atoms with Gasteiger partial charge in [0.25, 0.3) is 0 Å². The SMILES string of the molecule is Cc1nnc([C@H]2CCCN2c2ccc3nnc(-c4ccccc4)n3n2)o1. The van der Waals surface area contributed by atoms with Crippen LogP contribution in [0.3, 0.4) is 0 Å². The van der Waals surface area contributed by atoms with Gasteiger partial charge in [0.15, 0.2) is 11.5 Å². The number of hydrogen-bond donors (Lipinski definition) is 0. The molecule has 3 aromatic heterocycles. The van der Waals surface area contributed by atoms with Crippen molar-refractivity contribution in [2.75, 3.05) is 11.4 Å². The molecule has 1 saturated heterocycles. The van der Waals surface area contributed by atoms with Gasteiger partial charge in [-0.3, -0.25) is 0 Å². The predicted molar refractivity (Wildman–Crippen MR) is 94.6 cm³/mol. The lowest BCUT2D eigenvalue weighted by molar-refractivity contribution is 0.429. The second-order valence-corrected chi connectivity index (χ2v) is 6.36. The van der Waals surface area contributed by atoms with Crippen molar-refractivity contribution in [3.05, 3.63) is 54.2 Å². The van der Waals surface area contributed by atoms with Crippen LogP contribution in [0.5, 0.6) is 0 Å². The van der Waals surface area contributed by atoms with Crippen LogP contribution in [0.4, 0.5) is 5.82 Å². The van der Waals surface area contributed by atoms with Gasteiger partial charge in [0.2, 0.25) is 11.8 Å². The average molecular weight is 347 g/mol. The van der Waals surface area contributed by atoms with Gasteiger partial charge in [-0.2, -0.15) is 4.52 Å². The summed E-state index contributed by atoms with van der Waals surface area (Å²) in [5, 5.41) is 21.5. The Morgan fingerprint density at radius 1 is 1.00 bits per heavy atom. The van der Waals surface area contributed by atoms with Gasteiger partial charge < -0.3 is 9.32 Å². The summed E-state index contributed by atoms with van der Waals surface area (Å²) in [5.41, 5.74) is 1.70. The van der Waals surface area contributed by atoms with E-state index in [2.05, 4.69) is 25.3 Å². The smallest absolute Gasteiger partial charge is 0.238 e. The maximum atomic E-state index is 5.66. The molecule has 0 N–H and O–H groups in total. The van der Waals surface area contributed by atoms with Crippen LogP contribution < -0.4 is 4.90 Å². The van der Waals surface area contributed by atoms with Crippen LogP contribution in [-0.4, -0.2) is 36.6 Å². The number of aromatic nitrogens is 6. The van der Waals surface area contributed by atoms with Crippen molar-refractivity contribution in [3.8, 4) is 11.4 Å². The van der Waals surface area contributed by atoms with Gasteiger partial charge >= 0.3 is 0 Å². The fraction of sp³-hybridized carbons (Fsp3) is 0.278. The van der Waals surface area contributed by atoms with E-state index in [1.807, 2.05) is 49.4 Å². The first-order valence-corrected chi connectivity index (χ1v) is 8.64. The van der Waals surface area contributed by atoms with Crippen molar-refractivity contribution in [1.29, 1.82) is 0 Å². The van der Waals surface area contributed by atoms with Crippen LogP contribution in [0, 0.1) is 6.92 Å². The lowest BCUT2D eigenvalue weighted by atomic mass is 10.2. The molecule has 0 unspecified atom stereocenters.